The first-order valence-electron chi connectivity index (χ1n) is 7.52. The molecule has 0 aliphatic rings. The van der Waals surface area contributed by atoms with E-state index < -0.39 is 0 Å². The molecule has 0 bridgehead atoms. The summed E-state index contributed by atoms with van der Waals surface area (Å²) in [5.41, 5.74) is 1.03. The van der Waals surface area contributed by atoms with Crippen LogP contribution in [0.3, 0.4) is 0 Å². The van der Waals surface area contributed by atoms with E-state index in [9.17, 15) is 9.59 Å². The Morgan fingerprint density at radius 3 is 2.77 bits per heavy atom. The zero-order valence-corrected chi connectivity index (χ0v) is 13.1. The second kappa shape index (κ2) is 7.11. The second-order valence-electron chi connectivity index (χ2n) is 5.27. The van der Waals surface area contributed by atoms with Crippen molar-refractivity contribution in [3.63, 3.8) is 0 Å². The van der Waals surface area contributed by atoms with Crippen LogP contribution in [0.4, 0.5) is 0 Å². The summed E-state index contributed by atoms with van der Waals surface area (Å²) in [5.74, 6) is 0.335. The van der Waals surface area contributed by atoms with Crippen molar-refractivity contribution in [1.29, 1.82) is 0 Å². The third-order valence-corrected chi connectivity index (χ3v) is 3.57. The lowest BCUT2D eigenvalue weighted by molar-refractivity contribution is -0.123. The van der Waals surface area contributed by atoms with Gasteiger partial charge in [0.2, 0.25) is 0 Å². The number of aryl methyl sites for hydroxylation is 1. The van der Waals surface area contributed by atoms with Crippen molar-refractivity contribution in [2.75, 3.05) is 6.61 Å². The van der Waals surface area contributed by atoms with E-state index in [1.807, 2.05) is 26.8 Å². The van der Waals surface area contributed by atoms with Crippen LogP contribution < -0.4 is 15.7 Å². The first kappa shape index (κ1) is 16.1. The molecule has 2 rings (SSSR count). The Bertz CT molecular complexity index is 720. The molecule has 22 heavy (non-hydrogen) atoms. The third kappa shape index (κ3) is 3.87. The van der Waals surface area contributed by atoms with E-state index in [0.29, 0.717) is 11.3 Å². The molecule has 5 nitrogen and oxygen atoms in total. The SMILES string of the molecule is CCc1cc(=O)oc2cc(OCC(=O)N[C@@H](C)CC)ccc12. The number of amides is 1. The first-order valence-corrected chi connectivity index (χ1v) is 7.52. The molecule has 1 N–H and O–H groups in total. The third-order valence-electron chi connectivity index (χ3n) is 3.57. The molecular formula is C17H21NO4. The molecule has 0 radical (unpaired) electrons. The van der Waals surface area contributed by atoms with Gasteiger partial charge in [0.1, 0.15) is 11.3 Å². The normalized spacial score (nSPS) is 12.1. The van der Waals surface area contributed by atoms with Crippen LogP contribution >= 0.6 is 0 Å². The van der Waals surface area contributed by atoms with Gasteiger partial charge in [0, 0.05) is 23.6 Å². The van der Waals surface area contributed by atoms with E-state index in [4.69, 9.17) is 9.15 Å². The Hall–Kier alpha value is -2.30. The Labute approximate surface area is 129 Å². The summed E-state index contributed by atoms with van der Waals surface area (Å²) in [4.78, 5) is 23.2. The molecule has 1 aromatic carbocycles. The van der Waals surface area contributed by atoms with Crippen LogP contribution in [-0.2, 0) is 11.2 Å². The molecule has 0 fully saturated rings. The molecule has 0 unspecified atom stereocenters. The monoisotopic (exact) mass is 303 g/mol. The largest absolute Gasteiger partial charge is 0.484 e. The van der Waals surface area contributed by atoms with Gasteiger partial charge in [-0.05, 0) is 37.5 Å². The zero-order chi connectivity index (χ0) is 16.1. The zero-order valence-electron chi connectivity index (χ0n) is 13.1. The van der Waals surface area contributed by atoms with Crippen LogP contribution in [0.5, 0.6) is 5.75 Å². The van der Waals surface area contributed by atoms with Crippen LogP contribution in [0.2, 0.25) is 0 Å². The number of hydrogen-bond acceptors (Lipinski definition) is 4. The van der Waals surface area contributed by atoms with Gasteiger partial charge < -0.3 is 14.5 Å². The van der Waals surface area contributed by atoms with Crippen molar-refractivity contribution >= 4 is 16.9 Å². The van der Waals surface area contributed by atoms with Crippen molar-refractivity contribution in [2.24, 2.45) is 0 Å². The molecule has 5 heteroatoms. The van der Waals surface area contributed by atoms with Crippen molar-refractivity contribution in [3.8, 4) is 5.75 Å². The molecule has 1 aromatic heterocycles. The summed E-state index contributed by atoms with van der Waals surface area (Å²) >= 11 is 0. The molecule has 1 atom stereocenters. The predicted molar refractivity (Wildman–Crippen MR) is 85.3 cm³/mol. The fraction of sp³-hybridized carbons (Fsp3) is 0.412. The fourth-order valence-corrected chi connectivity index (χ4v) is 2.16. The summed E-state index contributed by atoms with van der Waals surface area (Å²) in [6, 6.07) is 6.89. The van der Waals surface area contributed by atoms with E-state index >= 15 is 0 Å². The molecule has 0 aliphatic carbocycles. The number of carbonyl (C=O) groups excluding carboxylic acids is 1. The molecule has 118 valence electrons. The van der Waals surface area contributed by atoms with E-state index in [1.165, 1.54) is 6.07 Å². The average molecular weight is 303 g/mol. The maximum Gasteiger partial charge on any atom is 0.336 e. The van der Waals surface area contributed by atoms with E-state index in [2.05, 4.69) is 5.32 Å². The minimum absolute atomic E-state index is 0.0620. The molecule has 0 spiro atoms. The number of benzene rings is 1. The highest BCUT2D eigenvalue weighted by molar-refractivity contribution is 5.82. The average Bonchev–Trinajstić information content (AvgIpc) is 2.51. The summed E-state index contributed by atoms with van der Waals surface area (Å²) in [7, 11) is 0. The molecule has 0 saturated heterocycles. The molecule has 0 saturated carbocycles. The number of rotatable bonds is 6. The van der Waals surface area contributed by atoms with Gasteiger partial charge in [-0.2, -0.15) is 0 Å². The maximum absolute atomic E-state index is 11.7. The van der Waals surface area contributed by atoms with Gasteiger partial charge in [-0.3, -0.25) is 4.79 Å². The number of carbonyl (C=O) groups is 1. The molecule has 1 amide bonds. The van der Waals surface area contributed by atoms with E-state index in [1.54, 1.807) is 12.1 Å². The topological polar surface area (TPSA) is 68.5 Å². The van der Waals surface area contributed by atoms with Crippen LogP contribution in [0, 0.1) is 0 Å². The molecular weight excluding hydrogens is 282 g/mol. The molecule has 1 heterocycles. The smallest absolute Gasteiger partial charge is 0.336 e. The van der Waals surface area contributed by atoms with E-state index in [0.717, 1.165) is 23.8 Å². The van der Waals surface area contributed by atoms with Gasteiger partial charge in [-0.1, -0.05) is 13.8 Å². The Balaban J connectivity index is 2.13. The Morgan fingerprint density at radius 1 is 1.32 bits per heavy atom. The predicted octanol–water partition coefficient (Wildman–Crippen LogP) is 2.65. The van der Waals surface area contributed by atoms with E-state index in [-0.39, 0.29) is 24.2 Å². The summed E-state index contributed by atoms with van der Waals surface area (Å²) in [6.07, 6.45) is 1.62. The molecule has 0 aliphatic heterocycles. The highest BCUT2D eigenvalue weighted by Crippen LogP contribution is 2.22. The van der Waals surface area contributed by atoms with Crippen LogP contribution in [-0.4, -0.2) is 18.6 Å². The highest BCUT2D eigenvalue weighted by Gasteiger charge is 2.09. The Kier molecular flexibility index (Phi) is 5.20. The van der Waals surface area contributed by atoms with Crippen LogP contribution in [0.25, 0.3) is 11.0 Å². The first-order chi connectivity index (χ1) is 10.5. The van der Waals surface area contributed by atoms with Crippen LogP contribution in [0.15, 0.2) is 33.5 Å². The lowest BCUT2D eigenvalue weighted by Gasteiger charge is -2.12. The standard InChI is InChI=1S/C17H21NO4/c1-4-11(3)18-16(19)10-21-13-6-7-14-12(5-2)8-17(20)22-15(14)9-13/h6-9,11H,4-5,10H2,1-3H3,(H,18,19)/t11-/m0/s1. The lowest BCUT2D eigenvalue weighted by atomic mass is 10.1. The maximum atomic E-state index is 11.7. The van der Waals surface area contributed by atoms with Crippen molar-refractivity contribution in [2.45, 2.75) is 39.7 Å². The summed E-state index contributed by atoms with van der Waals surface area (Å²) in [6.45, 7) is 5.86. The highest BCUT2D eigenvalue weighted by atomic mass is 16.5. The summed E-state index contributed by atoms with van der Waals surface area (Å²) < 4.78 is 10.7. The van der Waals surface area contributed by atoms with Gasteiger partial charge in [0.25, 0.3) is 5.91 Å². The van der Waals surface area contributed by atoms with Crippen LogP contribution in [0.1, 0.15) is 32.8 Å². The summed E-state index contributed by atoms with van der Waals surface area (Å²) in [5, 5.41) is 3.71. The van der Waals surface area contributed by atoms with Gasteiger partial charge in [0.05, 0.1) is 0 Å². The van der Waals surface area contributed by atoms with Gasteiger partial charge in [-0.25, -0.2) is 4.79 Å². The quantitative estimate of drug-likeness (QED) is 0.833. The van der Waals surface area contributed by atoms with Crippen molar-refractivity contribution < 1.29 is 13.9 Å². The fourth-order valence-electron chi connectivity index (χ4n) is 2.16. The lowest BCUT2D eigenvalue weighted by Crippen LogP contribution is -2.35. The molecule has 2 aromatic rings. The van der Waals surface area contributed by atoms with Gasteiger partial charge >= 0.3 is 5.63 Å². The van der Waals surface area contributed by atoms with Crippen molar-refractivity contribution in [1.82, 2.24) is 5.32 Å². The minimum Gasteiger partial charge on any atom is -0.484 e. The van der Waals surface area contributed by atoms with Crippen molar-refractivity contribution in [3.05, 3.63) is 40.2 Å². The second-order valence-corrected chi connectivity index (χ2v) is 5.27. The van der Waals surface area contributed by atoms with Gasteiger partial charge in [-0.15, -0.1) is 0 Å². The number of ether oxygens (including phenoxy) is 1. The number of hydrogen-bond donors (Lipinski definition) is 1. The number of nitrogens with one attached hydrogen (secondary N) is 1. The minimum atomic E-state index is -0.379. The van der Waals surface area contributed by atoms with Gasteiger partial charge in [0.15, 0.2) is 6.61 Å². The Morgan fingerprint density at radius 2 is 2.09 bits per heavy atom. The number of fused-ring (bicyclic) bond motifs is 1.